The first kappa shape index (κ1) is 13.4. The fourth-order valence-electron chi connectivity index (χ4n) is 2.23. The van der Waals surface area contributed by atoms with Crippen molar-refractivity contribution in [2.24, 2.45) is 17.6 Å². The predicted octanol–water partition coefficient (Wildman–Crippen LogP) is 2.11. The van der Waals surface area contributed by atoms with E-state index < -0.39 is 0 Å². The quantitative estimate of drug-likeness (QED) is 0.803. The van der Waals surface area contributed by atoms with E-state index in [2.05, 4.69) is 18.9 Å². The van der Waals surface area contributed by atoms with Crippen LogP contribution in [0.5, 0.6) is 5.75 Å². The third kappa shape index (κ3) is 4.00. The van der Waals surface area contributed by atoms with Crippen LogP contribution in [0, 0.1) is 11.8 Å². The number of likely N-dealkylation sites (N-methyl/N-ethyl adjacent to an activating group) is 1. The summed E-state index contributed by atoms with van der Waals surface area (Å²) in [5, 5.41) is 0. The average molecular weight is 248 g/mol. The summed E-state index contributed by atoms with van der Waals surface area (Å²) in [6.07, 6.45) is 1.39. The summed E-state index contributed by atoms with van der Waals surface area (Å²) in [6, 6.07) is 8.02. The number of hydrogen-bond donors (Lipinski definition) is 1. The zero-order chi connectivity index (χ0) is 13.0. The Morgan fingerprint density at radius 1 is 1.44 bits per heavy atom. The molecule has 1 saturated carbocycles. The average Bonchev–Trinajstić information content (AvgIpc) is 3.05. The Morgan fingerprint density at radius 3 is 2.89 bits per heavy atom. The predicted molar refractivity (Wildman–Crippen MR) is 74.6 cm³/mol. The van der Waals surface area contributed by atoms with Crippen molar-refractivity contribution in [3.63, 3.8) is 0 Å². The molecule has 0 radical (unpaired) electrons. The van der Waals surface area contributed by atoms with Gasteiger partial charge in [0.2, 0.25) is 0 Å². The van der Waals surface area contributed by atoms with Crippen LogP contribution in [-0.2, 0) is 6.54 Å². The van der Waals surface area contributed by atoms with E-state index in [9.17, 15) is 0 Å². The highest BCUT2D eigenvalue weighted by Crippen LogP contribution is 2.37. The SMILES string of the molecule is CC1CC1CN(C)CCOc1cccc(CN)c1. The van der Waals surface area contributed by atoms with Gasteiger partial charge in [0, 0.05) is 19.6 Å². The van der Waals surface area contributed by atoms with Gasteiger partial charge in [0.05, 0.1) is 0 Å². The summed E-state index contributed by atoms with van der Waals surface area (Å²) in [5.74, 6) is 2.76. The molecule has 1 aromatic rings. The Balaban J connectivity index is 1.67. The van der Waals surface area contributed by atoms with Crippen LogP contribution in [-0.4, -0.2) is 31.6 Å². The van der Waals surface area contributed by atoms with Crippen molar-refractivity contribution in [2.75, 3.05) is 26.7 Å². The highest BCUT2D eigenvalue weighted by Gasteiger charge is 2.32. The zero-order valence-electron chi connectivity index (χ0n) is 11.4. The maximum absolute atomic E-state index is 5.75. The molecular formula is C15H24N2O. The molecule has 0 spiro atoms. The lowest BCUT2D eigenvalue weighted by Gasteiger charge is -2.17. The van der Waals surface area contributed by atoms with Gasteiger partial charge in [-0.2, -0.15) is 0 Å². The molecule has 0 amide bonds. The van der Waals surface area contributed by atoms with E-state index in [1.54, 1.807) is 0 Å². The van der Waals surface area contributed by atoms with E-state index in [1.807, 2.05) is 24.3 Å². The summed E-state index contributed by atoms with van der Waals surface area (Å²) in [4.78, 5) is 2.36. The van der Waals surface area contributed by atoms with E-state index in [1.165, 1.54) is 13.0 Å². The van der Waals surface area contributed by atoms with Gasteiger partial charge in [0.1, 0.15) is 12.4 Å². The van der Waals surface area contributed by atoms with Gasteiger partial charge in [-0.05, 0) is 43.0 Å². The molecule has 2 atom stereocenters. The number of ether oxygens (including phenoxy) is 1. The second kappa shape index (κ2) is 6.21. The van der Waals surface area contributed by atoms with Crippen molar-refractivity contribution in [3.05, 3.63) is 29.8 Å². The molecule has 100 valence electrons. The zero-order valence-corrected chi connectivity index (χ0v) is 11.4. The lowest BCUT2D eigenvalue weighted by atomic mass is 10.2. The van der Waals surface area contributed by atoms with Crippen molar-refractivity contribution in [3.8, 4) is 5.75 Å². The summed E-state index contributed by atoms with van der Waals surface area (Å²) in [6.45, 7) is 5.82. The second-order valence-corrected chi connectivity index (χ2v) is 5.44. The van der Waals surface area contributed by atoms with Crippen LogP contribution in [0.15, 0.2) is 24.3 Å². The highest BCUT2D eigenvalue weighted by atomic mass is 16.5. The number of nitrogens with zero attached hydrogens (tertiary/aromatic N) is 1. The molecule has 0 heterocycles. The first-order valence-electron chi connectivity index (χ1n) is 6.79. The van der Waals surface area contributed by atoms with Crippen LogP contribution >= 0.6 is 0 Å². The monoisotopic (exact) mass is 248 g/mol. The molecule has 1 aliphatic rings. The number of benzene rings is 1. The first-order valence-corrected chi connectivity index (χ1v) is 6.79. The van der Waals surface area contributed by atoms with Gasteiger partial charge >= 0.3 is 0 Å². The van der Waals surface area contributed by atoms with Gasteiger partial charge in [-0.3, -0.25) is 0 Å². The topological polar surface area (TPSA) is 38.5 Å². The molecule has 1 fully saturated rings. The van der Waals surface area contributed by atoms with Gasteiger partial charge < -0.3 is 15.4 Å². The normalized spacial score (nSPS) is 22.2. The van der Waals surface area contributed by atoms with Crippen LogP contribution in [0.4, 0.5) is 0 Å². The molecule has 2 unspecified atom stereocenters. The van der Waals surface area contributed by atoms with Gasteiger partial charge in [-0.1, -0.05) is 19.1 Å². The fraction of sp³-hybridized carbons (Fsp3) is 0.600. The lowest BCUT2D eigenvalue weighted by molar-refractivity contribution is 0.230. The Hall–Kier alpha value is -1.06. The molecule has 0 bridgehead atoms. The Morgan fingerprint density at radius 2 is 2.22 bits per heavy atom. The molecule has 0 aliphatic heterocycles. The molecule has 0 aromatic heterocycles. The standard InChI is InChI=1S/C15H24N2O/c1-12-8-14(12)11-17(2)6-7-18-15-5-3-4-13(9-15)10-16/h3-5,9,12,14H,6-8,10-11,16H2,1-2H3. The minimum absolute atomic E-state index is 0.566. The summed E-state index contributed by atoms with van der Waals surface area (Å²) in [7, 11) is 2.17. The molecule has 0 saturated heterocycles. The fourth-order valence-corrected chi connectivity index (χ4v) is 2.23. The summed E-state index contributed by atoms with van der Waals surface area (Å²) in [5.41, 5.74) is 6.72. The molecule has 1 aliphatic carbocycles. The molecule has 2 N–H and O–H groups in total. The maximum atomic E-state index is 5.75. The Kier molecular flexibility index (Phi) is 4.61. The van der Waals surface area contributed by atoms with Gasteiger partial charge in [0.25, 0.3) is 0 Å². The molecular weight excluding hydrogens is 224 g/mol. The van der Waals surface area contributed by atoms with Crippen LogP contribution in [0.1, 0.15) is 18.9 Å². The summed E-state index contributed by atoms with van der Waals surface area (Å²) >= 11 is 0. The highest BCUT2D eigenvalue weighted by molar-refractivity contribution is 5.28. The van der Waals surface area contributed by atoms with Gasteiger partial charge in [-0.15, -0.1) is 0 Å². The van der Waals surface area contributed by atoms with Gasteiger partial charge in [-0.25, -0.2) is 0 Å². The van der Waals surface area contributed by atoms with Crippen molar-refractivity contribution < 1.29 is 4.74 Å². The van der Waals surface area contributed by atoms with Crippen LogP contribution < -0.4 is 10.5 Å². The van der Waals surface area contributed by atoms with E-state index in [0.717, 1.165) is 36.3 Å². The van der Waals surface area contributed by atoms with Crippen LogP contribution in [0.25, 0.3) is 0 Å². The van der Waals surface area contributed by atoms with Crippen molar-refractivity contribution >= 4 is 0 Å². The molecule has 3 nitrogen and oxygen atoms in total. The molecule has 1 aromatic carbocycles. The molecule has 3 heteroatoms. The van der Waals surface area contributed by atoms with Crippen molar-refractivity contribution in [2.45, 2.75) is 19.9 Å². The maximum Gasteiger partial charge on any atom is 0.119 e. The molecule has 18 heavy (non-hydrogen) atoms. The van der Waals surface area contributed by atoms with Gasteiger partial charge in [0.15, 0.2) is 0 Å². The number of hydrogen-bond acceptors (Lipinski definition) is 3. The van der Waals surface area contributed by atoms with E-state index in [0.29, 0.717) is 6.54 Å². The van der Waals surface area contributed by atoms with E-state index in [-0.39, 0.29) is 0 Å². The minimum atomic E-state index is 0.566. The smallest absolute Gasteiger partial charge is 0.119 e. The number of nitrogens with two attached hydrogens (primary N) is 1. The van der Waals surface area contributed by atoms with Crippen molar-refractivity contribution in [1.29, 1.82) is 0 Å². The Labute approximate surface area is 110 Å². The van der Waals surface area contributed by atoms with Crippen LogP contribution in [0.3, 0.4) is 0 Å². The third-order valence-corrected chi connectivity index (χ3v) is 3.70. The van der Waals surface area contributed by atoms with Crippen molar-refractivity contribution in [1.82, 2.24) is 4.90 Å². The first-order chi connectivity index (χ1) is 8.69. The largest absolute Gasteiger partial charge is 0.492 e. The minimum Gasteiger partial charge on any atom is -0.492 e. The van der Waals surface area contributed by atoms with E-state index in [4.69, 9.17) is 10.5 Å². The van der Waals surface area contributed by atoms with E-state index >= 15 is 0 Å². The second-order valence-electron chi connectivity index (χ2n) is 5.44. The Bertz CT molecular complexity index is 381. The lowest BCUT2D eigenvalue weighted by Crippen LogP contribution is -2.26. The summed E-state index contributed by atoms with van der Waals surface area (Å²) < 4.78 is 5.75. The van der Waals surface area contributed by atoms with Crippen LogP contribution in [0.2, 0.25) is 0 Å². The third-order valence-electron chi connectivity index (χ3n) is 3.70. The molecule has 2 rings (SSSR count). The number of rotatable bonds is 7.